The van der Waals surface area contributed by atoms with Crippen molar-refractivity contribution in [3.05, 3.63) is 132 Å². The minimum atomic E-state index is -0.0554. The Balaban J connectivity index is 1.42. The van der Waals surface area contributed by atoms with Gasteiger partial charge in [0.2, 0.25) is 0 Å². The van der Waals surface area contributed by atoms with Gasteiger partial charge in [-0.3, -0.25) is 0 Å². The number of hydrogen-bond acceptors (Lipinski definition) is 10. The molecule has 248 valence electrons. The third-order valence-corrected chi connectivity index (χ3v) is 12.1. The van der Waals surface area contributed by atoms with Gasteiger partial charge in [-0.05, 0) is 24.3 Å². The normalized spacial score (nSPS) is 11.3. The van der Waals surface area contributed by atoms with Gasteiger partial charge < -0.3 is 9.13 Å². The van der Waals surface area contributed by atoms with E-state index in [1.165, 1.54) is 22.7 Å². The average Bonchev–Trinajstić information content (AvgIpc) is 3.97. The molecule has 0 N–H and O–H groups in total. The summed E-state index contributed by atoms with van der Waals surface area (Å²) in [4.78, 5) is 19.7. The number of fused-ring (bicyclic) bond motifs is 7. The lowest BCUT2D eigenvalue weighted by atomic mass is 10.2. The van der Waals surface area contributed by atoms with Crippen LogP contribution >= 0.6 is 22.7 Å². The van der Waals surface area contributed by atoms with E-state index in [9.17, 15) is 21.0 Å². The molecule has 4 aromatic carbocycles. The number of benzene rings is 4. The number of nitriles is 4. The zero-order valence-corrected chi connectivity index (χ0v) is 29.3. The lowest BCUT2D eigenvalue weighted by Crippen LogP contribution is -1.99. The molecule has 0 bridgehead atoms. The second-order valence-electron chi connectivity index (χ2n) is 12.3. The maximum absolute atomic E-state index is 10.0. The Labute approximate surface area is 313 Å². The number of nitrogens with zero attached hydrogens (tertiary/aromatic N) is 10. The van der Waals surface area contributed by atoms with Crippen LogP contribution < -0.4 is 0 Å². The highest BCUT2D eigenvalue weighted by molar-refractivity contribution is 7.32. The lowest BCUT2D eigenvalue weighted by Gasteiger charge is -2.11. The van der Waals surface area contributed by atoms with E-state index in [0.29, 0.717) is 11.4 Å². The SMILES string of the molecule is N#Cc1ncc(-c2sc3c(-n4c5ccccc5c5ccccc54)c(-c4cnc(C#N)c(C#N)n4)sc3c2-n2c3ccccc3c3ccccc32)nc1C#N. The van der Waals surface area contributed by atoms with Crippen LogP contribution in [0.15, 0.2) is 109 Å². The van der Waals surface area contributed by atoms with E-state index in [0.717, 1.165) is 74.1 Å². The molecule has 0 radical (unpaired) electrons. The quantitative estimate of drug-likeness (QED) is 0.174. The maximum Gasteiger partial charge on any atom is 0.177 e. The first-order valence-corrected chi connectivity index (χ1v) is 18.2. The molecule has 6 heterocycles. The lowest BCUT2D eigenvalue weighted by molar-refractivity contribution is 1.13. The summed E-state index contributed by atoms with van der Waals surface area (Å²) in [6.45, 7) is 0. The van der Waals surface area contributed by atoms with Gasteiger partial charge in [0, 0.05) is 21.5 Å². The zero-order chi connectivity index (χ0) is 36.5. The number of thiophene rings is 2. The summed E-state index contributed by atoms with van der Waals surface area (Å²) in [5, 5.41) is 43.7. The highest BCUT2D eigenvalue weighted by Gasteiger charge is 2.30. The number of hydrogen-bond donors (Lipinski definition) is 0. The molecule has 0 spiro atoms. The van der Waals surface area contributed by atoms with Gasteiger partial charge in [-0.1, -0.05) is 72.8 Å². The van der Waals surface area contributed by atoms with Crippen molar-refractivity contribution < 1.29 is 0 Å². The molecule has 0 unspecified atom stereocenters. The molecule has 10 nitrogen and oxygen atoms in total. The van der Waals surface area contributed by atoms with E-state index in [-0.39, 0.29) is 22.8 Å². The summed E-state index contributed by atoms with van der Waals surface area (Å²) < 4.78 is 6.27. The molecular weight excluding hydrogens is 709 g/mol. The summed E-state index contributed by atoms with van der Waals surface area (Å²) >= 11 is 3.02. The van der Waals surface area contributed by atoms with Gasteiger partial charge in [0.05, 0.1) is 65.0 Å². The monoisotopic (exact) mass is 726 g/mol. The van der Waals surface area contributed by atoms with E-state index >= 15 is 0 Å². The van der Waals surface area contributed by atoms with Crippen LogP contribution in [0.3, 0.4) is 0 Å². The molecule has 0 saturated carbocycles. The molecule has 0 aliphatic carbocycles. The Morgan fingerprint density at radius 2 is 0.741 bits per heavy atom. The van der Waals surface area contributed by atoms with Crippen molar-refractivity contribution in [3.8, 4) is 56.8 Å². The van der Waals surface area contributed by atoms with Crippen LogP contribution in [-0.4, -0.2) is 29.1 Å². The standard InChI is InChI=1S/C42H18N10S2/c43-17-27-29(19-45)49-31(21-47-27)39-37(51-33-13-5-1-9-23(33)24-10-2-6-14-34(24)51)41-42(53-39)38(40(54-41)32-22-48-28(18-44)30(20-46)50-32)52-35-15-7-3-11-25(35)26-12-4-8-16-36(26)52/h1-16,21-22H. The van der Waals surface area contributed by atoms with Crippen LogP contribution in [0, 0.1) is 45.3 Å². The summed E-state index contributed by atoms with van der Waals surface area (Å²) in [7, 11) is 0. The van der Waals surface area contributed by atoms with Gasteiger partial charge in [0.15, 0.2) is 22.8 Å². The minimum Gasteiger partial charge on any atom is -0.306 e. The molecule has 0 atom stereocenters. The molecule has 54 heavy (non-hydrogen) atoms. The van der Waals surface area contributed by atoms with Crippen molar-refractivity contribution in [1.29, 1.82) is 21.0 Å². The third kappa shape index (κ3) is 4.33. The largest absolute Gasteiger partial charge is 0.306 e. The number of para-hydroxylation sites is 4. The van der Waals surface area contributed by atoms with Crippen molar-refractivity contribution in [2.75, 3.05) is 0 Å². The number of aromatic nitrogens is 6. The molecule has 0 aliphatic heterocycles. The highest BCUT2D eigenvalue weighted by atomic mass is 32.1. The Bertz CT molecular complexity index is 3070. The van der Waals surface area contributed by atoms with Crippen LogP contribution in [0.4, 0.5) is 0 Å². The molecule has 10 aromatic rings. The van der Waals surface area contributed by atoms with Gasteiger partial charge in [-0.25, -0.2) is 19.9 Å². The first kappa shape index (κ1) is 31.0. The second kappa shape index (κ2) is 11.9. The molecule has 10 rings (SSSR count). The predicted octanol–water partition coefficient (Wildman–Crippen LogP) is 9.56. The van der Waals surface area contributed by atoms with Gasteiger partial charge >= 0.3 is 0 Å². The molecular formula is C42H18N10S2. The van der Waals surface area contributed by atoms with E-state index < -0.39 is 0 Å². The summed E-state index contributed by atoms with van der Waals surface area (Å²) in [5.41, 5.74) is 6.26. The van der Waals surface area contributed by atoms with Gasteiger partial charge in [-0.15, -0.1) is 22.7 Å². The average molecular weight is 727 g/mol. The maximum atomic E-state index is 10.0. The Morgan fingerprint density at radius 1 is 0.426 bits per heavy atom. The van der Waals surface area contributed by atoms with Crippen LogP contribution in [0.1, 0.15) is 22.8 Å². The van der Waals surface area contributed by atoms with Crippen LogP contribution in [0.2, 0.25) is 0 Å². The van der Waals surface area contributed by atoms with Crippen LogP contribution in [0.5, 0.6) is 0 Å². The Hall–Kier alpha value is -7.74. The van der Waals surface area contributed by atoms with E-state index in [1.807, 2.05) is 60.7 Å². The van der Waals surface area contributed by atoms with Crippen molar-refractivity contribution in [2.45, 2.75) is 0 Å². The first-order valence-electron chi connectivity index (χ1n) is 16.5. The molecule has 0 saturated heterocycles. The fraction of sp³-hybridized carbons (Fsp3) is 0. The topological polar surface area (TPSA) is 157 Å². The molecule has 0 aliphatic rings. The molecule has 0 amide bonds. The molecule has 6 aromatic heterocycles. The first-order chi connectivity index (χ1) is 26.6. The van der Waals surface area contributed by atoms with Crippen molar-refractivity contribution in [3.63, 3.8) is 0 Å². The molecule has 12 heteroatoms. The fourth-order valence-electron chi connectivity index (χ4n) is 7.31. The van der Waals surface area contributed by atoms with Gasteiger partial charge in [-0.2, -0.15) is 21.0 Å². The van der Waals surface area contributed by atoms with Crippen molar-refractivity contribution >= 4 is 75.7 Å². The van der Waals surface area contributed by atoms with Crippen molar-refractivity contribution in [1.82, 2.24) is 29.1 Å². The van der Waals surface area contributed by atoms with Crippen molar-refractivity contribution in [2.24, 2.45) is 0 Å². The minimum absolute atomic E-state index is 0.0426. The van der Waals surface area contributed by atoms with E-state index in [1.54, 1.807) is 12.4 Å². The van der Waals surface area contributed by atoms with Gasteiger partial charge in [0.1, 0.15) is 35.7 Å². The highest BCUT2D eigenvalue weighted by Crippen LogP contribution is 2.53. The Kier molecular flexibility index (Phi) is 6.85. The predicted molar refractivity (Wildman–Crippen MR) is 209 cm³/mol. The summed E-state index contributed by atoms with van der Waals surface area (Å²) in [5.74, 6) is 0. The molecule has 0 fully saturated rings. The third-order valence-electron chi connectivity index (χ3n) is 9.52. The van der Waals surface area contributed by atoms with Crippen LogP contribution in [0.25, 0.3) is 85.5 Å². The zero-order valence-electron chi connectivity index (χ0n) is 27.7. The smallest absolute Gasteiger partial charge is 0.177 e. The second-order valence-corrected chi connectivity index (χ2v) is 14.4. The van der Waals surface area contributed by atoms with E-state index in [4.69, 9.17) is 9.97 Å². The van der Waals surface area contributed by atoms with Gasteiger partial charge in [0.25, 0.3) is 0 Å². The number of rotatable bonds is 4. The summed E-state index contributed by atoms with van der Waals surface area (Å²) in [6.07, 6.45) is 3.11. The van der Waals surface area contributed by atoms with Crippen LogP contribution in [-0.2, 0) is 0 Å². The Morgan fingerprint density at radius 3 is 1.06 bits per heavy atom. The van der Waals surface area contributed by atoms with E-state index in [2.05, 4.69) is 79.8 Å². The summed E-state index contributed by atoms with van der Waals surface area (Å²) in [6, 6.07) is 41.0. The fourth-order valence-corrected chi connectivity index (χ4v) is 10.0.